The number of carbonyl (C=O) groups is 1. The van der Waals surface area contributed by atoms with Gasteiger partial charge in [-0.15, -0.1) is 0 Å². The van der Waals surface area contributed by atoms with E-state index in [1.54, 1.807) is 31.2 Å². The van der Waals surface area contributed by atoms with Crippen LogP contribution in [0.3, 0.4) is 0 Å². The molecule has 146 valence electrons. The van der Waals surface area contributed by atoms with Crippen molar-refractivity contribution in [1.29, 1.82) is 0 Å². The number of benzene rings is 2. The summed E-state index contributed by atoms with van der Waals surface area (Å²) in [5.74, 6) is -0.667. The van der Waals surface area contributed by atoms with Crippen LogP contribution in [0.5, 0.6) is 0 Å². The minimum atomic E-state index is -3.90. The van der Waals surface area contributed by atoms with Crippen LogP contribution in [-0.2, 0) is 14.8 Å². The van der Waals surface area contributed by atoms with E-state index in [9.17, 15) is 13.2 Å². The highest BCUT2D eigenvalue weighted by molar-refractivity contribution is 7.92. The average Bonchev–Trinajstić information content (AvgIpc) is 2.99. The second kappa shape index (κ2) is 7.77. The first-order valence-electron chi connectivity index (χ1n) is 8.66. The Balaban J connectivity index is 2.07. The lowest BCUT2D eigenvalue weighted by molar-refractivity contribution is 0.0528. The molecular formula is C20H21N3O4S. The summed E-state index contributed by atoms with van der Waals surface area (Å²) in [5, 5.41) is 0. The lowest BCUT2D eigenvalue weighted by atomic mass is 10.0. The van der Waals surface area contributed by atoms with Gasteiger partial charge < -0.3 is 10.5 Å². The molecule has 0 aliphatic heterocycles. The van der Waals surface area contributed by atoms with Crippen LogP contribution in [0.25, 0.3) is 11.1 Å². The number of nitrogen functional groups attached to an aromatic ring is 1. The molecule has 0 radical (unpaired) electrons. The quantitative estimate of drug-likeness (QED) is 0.620. The number of carbonyl (C=O) groups excluding carboxylic acids is 1. The topological polar surface area (TPSA) is 103 Å². The lowest BCUT2D eigenvalue weighted by Crippen LogP contribution is -2.24. The van der Waals surface area contributed by atoms with Crippen LogP contribution in [0.2, 0.25) is 0 Å². The standard InChI is InChI=1S/C20H21N3O4S/c1-3-27-20(24)18-17(15-7-5-4-6-8-15)13-23(19(18)21)22-28(25,26)16-11-9-14(2)10-12-16/h4-13,22H,3,21H2,1-2H3. The largest absolute Gasteiger partial charge is 0.462 e. The number of hydrogen-bond acceptors (Lipinski definition) is 5. The molecule has 1 heterocycles. The second-order valence-corrected chi connectivity index (χ2v) is 7.83. The minimum absolute atomic E-state index is 0.0482. The smallest absolute Gasteiger partial charge is 0.342 e. The number of anilines is 1. The maximum Gasteiger partial charge on any atom is 0.342 e. The molecule has 28 heavy (non-hydrogen) atoms. The molecular weight excluding hydrogens is 378 g/mol. The molecule has 7 nitrogen and oxygen atoms in total. The number of nitrogens with one attached hydrogen (secondary N) is 1. The third-order valence-corrected chi connectivity index (χ3v) is 5.49. The van der Waals surface area contributed by atoms with Gasteiger partial charge in [-0.05, 0) is 31.5 Å². The molecule has 3 N–H and O–H groups in total. The minimum Gasteiger partial charge on any atom is -0.462 e. The first-order valence-corrected chi connectivity index (χ1v) is 10.1. The Morgan fingerprint density at radius 3 is 2.36 bits per heavy atom. The summed E-state index contributed by atoms with van der Waals surface area (Å²) in [5.41, 5.74) is 8.36. The summed E-state index contributed by atoms with van der Waals surface area (Å²) in [6, 6.07) is 15.5. The molecule has 0 saturated heterocycles. The van der Waals surface area contributed by atoms with Crippen LogP contribution in [0.1, 0.15) is 22.8 Å². The van der Waals surface area contributed by atoms with Gasteiger partial charge in [0, 0.05) is 11.8 Å². The number of ether oxygens (including phenoxy) is 1. The van der Waals surface area contributed by atoms with Crippen molar-refractivity contribution in [2.24, 2.45) is 0 Å². The van der Waals surface area contributed by atoms with Crippen LogP contribution in [0, 0.1) is 6.92 Å². The number of esters is 1. The predicted octanol–water partition coefficient (Wildman–Crippen LogP) is 3.15. The van der Waals surface area contributed by atoms with Gasteiger partial charge in [-0.2, -0.15) is 8.42 Å². The number of hydrogen-bond donors (Lipinski definition) is 2. The maximum atomic E-state index is 12.7. The molecule has 0 bridgehead atoms. The molecule has 0 atom stereocenters. The molecule has 8 heteroatoms. The molecule has 0 spiro atoms. The SMILES string of the molecule is CCOC(=O)c1c(-c2ccccc2)cn(NS(=O)(=O)c2ccc(C)cc2)c1N. The van der Waals surface area contributed by atoms with E-state index in [1.807, 2.05) is 25.1 Å². The van der Waals surface area contributed by atoms with Crippen LogP contribution < -0.4 is 10.6 Å². The van der Waals surface area contributed by atoms with Gasteiger partial charge in [-0.25, -0.2) is 14.3 Å². The van der Waals surface area contributed by atoms with Crippen molar-refractivity contribution >= 4 is 21.8 Å². The number of sulfonamides is 1. The Labute approximate surface area is 163 Å². The van der Waals surface area contributed by atoms with Crippen LogP contribution >= 0.6 is 0 Å². The van der Waals surface area contributed by atoms with Crippen molar-refractivity contribution < 1.29 is 17.9 Å². The summed E-state index contributed by atoms with van der Waals surface area (Å²) < 4.78 is 31.7. The van der Waals surface area contributed by atoms with Gasteiger partial charge in [0.1, 0.15) is 11.4 Å². The number of rotatable bonds is 6. The zero-order chi connectivity index (χ0) is 20.3. The Morgan fingerprint density at radius 1 is 1.11 bits per heavy atom. The highest BCUT2D eigenvalue weighted by atomic mass is 32.2. The highest BCUT2D eigenvalue weighted by Gasteiger charge is 2.25. The van der Waals surface area contributed by atoms with Gasteiger partial charge in [0.25, 0.3) is 10.0 Å². The molecule has 2 aromatic carbocycles. The molecule has 0 aliphatic rings. The molecule has 0 fully saturated rings. The Bertz CT molecular complexity index is 1090. The van der Waals surface area contributed by atoms with Crippen molar-refractivity contribution in [1.82, 2.24) is 4.68 Å². The van der Waals surface area contributed by atoms with E-state index in [1.165, 1.54) is 18.3 Å². The molecule has 1 aromatic heterocycles. The zero-order valence-corrected chi connectivity index (χ0v) is 16.4. The molecule has 0 unspecified atom stereocenters. The predicted molar refractivity (Wildman–Crippen MR) is 108 cm³/mol. The fourth-order valence-electron chi connectivity index (χ4n) is 2.75. The monoisotopic (exact) mass is 399 g/mol. The summed E-state index contributed by atoms with van der Waals surface area (Å²) >= 11 is 0. The van der Waals surface area contributed by atoms with E-state index in [2.05, 4.69) is 4.83 Å². The third kappa shape index (κ3) is 3.86. The fourth-order valence-corrected chi connectivity index (χ4v) is 3.76. The van der Waals surface area contributed by atoms with Gasteiger partial charge in [0.05, 0.1) is 11.5 Å². The van der Waals surface area contributed by atoms with Crippen molar-refractivity contribution in [3.8, 4) is 11.1 Å². The van der Waals surface area contributed by atoms with Gasteiger partial charge in [-0.3, -0.25) is 0 Å². The van der Waals surface area contributed by atoms with E-state index in [0.717, 1.165) is 10.2 Å². The van der Waals surface area contributed by atoms with Crippen molar-refractivity contribution in [3.63, 3.8) is 0 Å². The Morgan fingerprint density at radius 2 is 1.75 bits per heavy atom. The summed E-state index contributed by atoms with van der Waals surface area (Å²) in [6.07, 6.45) is 1.47. The molecule has 0 saturated carbocycles. The Hall–Kier alpha value is -3.26. The summed E-state index contributed by atoms with van der Waals surface area (Å²) in [4.78, 5) is 14.9. The zero-order valence-electron chi connectivity index (χ0n) is 15.5. The van der Waals surface area contributed by atoms with E-state index in [4.69, 9.17) is 10.5 Å². The molecule has 3 rings (SSSR count). The van der Waals surface area contributed by atoms with Crippen LogP contribution in [-0.4, -0.2) is 25.7 Å². The lowest BCUT2D eigenvalue weighted by Gasteiger charge is -2.11. The fraction of sp³-hybridized carbons (Fsp3) is 0.150. The normalized spacial score (nSPS) is 11.2. The maximum absolute atomic E-state index is 12.7. The van der Waals surface area contributed by atoms with Crippen molar-refractivity contribution in [3.05, 3.63) is 71.9 Å². The van der Waals surface area contributed by atoms with E-state index >= 15 is 0 Å². The molecule has 0 aliphatic carbocycles. The Kier molecular flexibility index (Phi) is 5.41. The van der Waals surface area contributed by atoms with Gasteiger partial charge >= 0.3 is 5.97 Å². The number of aryl methyl sites for hydroxylation is 1. The van der Waals surface area contributed by atoms with Gasteiger partial charge in [0.15, 0.2) is 0 Å². The van der Waals surface area contributed by atoms with E-state index in [-0.39, 0.29) is 22.9 Å². The van der Waals surface area contributed by atoms with Gasteiger partial charge in [-0.1, -0.05) is 48.0 Å². The van der Waals surface area contributed by atoms with E-state index in [0.29, 0.717) is 11.1 Å². The second-order valence-electron chi connectivity index (χ2n) is 6.17. The third-order valence-electron chi connectivity index (χ3n) is 4.16. The number of nitrogens with zero attached hydrogens (tertiary/aromatic N) is 1. The van der Waals surface area contributed by atoms with Gasteiger partial charge in [0.2, 0.25) is 0 Å². The van der Waals surface area contributed by atoms with Crippen molar-refractivity contribution in [2.45, 2.75) is 18.7 Å². The molecule has 3 aromatic rings. The van der Waals surface area contributed by atoms with E-state index < -0.39 is 16.0 Å². The van der Waals surface area contributed by atoms with Crippen molar-refractivity contribution in [2.75, 3.05) is 17.2 Å². The number of aromatic nitrogens is 1. The first-order chi connectivity index (χ1) is 13.3. The highest BCUT2D eigenvalue weighted by Crippen LogP contribution is 2.30. The summed E-state index contributed by atoms with van der Waals surface area (Å²) in [7, 11) is -3.90. The number of nitrogens with two attached hydrogens (primary N) is 1. The first kappa shape index (κ1) is 19.5. The average molecular weight is 399 g/mol. The summed E-state index contributed by atoms with van der Waals surface area (Å²) in [6.45, 7) is 3.73. The van der Waals surface area contributed by atoms with Crippen LogP contribution in [0.15, 0.2) is 65.7 Å². The van der Waals surface area contributed by atoms with Crippen LogP contribution in [0.4, 0.5) is 5.82 Å². The molecule has 0 amide bonds.